The van der Waals surface area contributed by atoms with Crippen LogP contribution in [0.4, 0.5) is 5.69 Å². The molecule has 0 spiro atoms. The second-order valence-electron chi connectivity index (χ2n) is 4.40. The van der Waals surface area contributed by atoms with Crippen molar-refractivity contribution in [3.05, 3.63) is 65.7 Å². The Balaban J connectivity index is 2.22. The van der Waals surface area contributed by atoms with E-state index in [4.69, 9.17) is 0 Å². The summed E-state index contributed by atoms with van der Waals surface area (Å²) < 4.78 is 0. The predicted molar refractivity (Wildman–Crippen MR) is 74.1 cm³/mol. The van der Waals surface area contributed by atoms with Crippen molar-refractivity contribution in [3.8, 4) is 0 Å². The van der Waals surface area contributed by atoms with E-state index in [2.05, 4.69) is 6.07 Å². The molecule has 0 atom stereocenters. The molecule has 0 heterocycles. The summed E-state index contributed by atoms with van der Waals surface area (Å²) in [5.74, 6) is 0.137. The van der Waals surface area contributed by atoms with Crippen LogP contribution in [0.15, 0.2) is 48.5 Å². The monoisotopic (exact) mass is 238 g/mol. The van der Waals surface area contributed by atoms with E-state index in [1.807, 2.05) is 67.5 Å². The number of anilines is 1. The van der Waals surface area contributed by atoms with Gasteiger partial charge >= 0.3 is 0 Å². The van der Waals surface area contributed by atoms with Crippen molar-refractivity contribution in [2.75, 3.05) is 19.0 Å². The Labute approximate surface area is 108 Å². The highest BCUT2D eigenvalue weighted by molar-refractivity contribution is 5.98. The van der Waals surface area contributed by atoms with Crippen LogP contribution in [0.1, 0.15) is 15.9 Å². The Morgan fingerprint density at radius 3 is 2.50 bits per heavy atom. The minimum atomic E-state index is 0.137. The van der Waals surface area contributed by atoms with E-state index in [9.17, 15) is 4.79 Å². The van der Waals surface area contributed by atoms with Crippen LogP contribution in [0.3, 0.4) is 0 Å². The van der Waals surface area contributed by atoms with E-state index < -0.39 is 0 Å². The maximum atomic E-state index is 12.2. The number of nitrogens with zero attached hydrogens (tertiary/aromatic N) is 1. The summed E-state index contributed by atoms with van der Waals surface area (Å²) in [6, 6.07) is 18.3. The maximum absolute atomic E-state index is 12.2. The minimum absolute atomic E-state index is 0.137. The average molecular weight is 238 g/mol. The van der Waals surface area contributed by atoms with Gasteiger partial charge in [-0.1, -0.05) is 48.5 Å². The number of para-hydroxylation sites is 1. The summed E-state index contributed by atoms with van der Waals surface area (Å²) in [6.45, 7) is 0. The Morgan fingerprint density at radius 1 is 1.11 bits per heavy atom. The maximum Gasteiger partial charge on any atom is 0.167 e. The molecule has 2 rings (SSSR count). The van der Waals surface area contributed by atoms with Gasteiger partial charge < -0.3 is 4.90 Å². The molecule has 2 nitrogen and oxygen atoms in total. The summed E-state index contributed by atoms with van der Waals surface area (Å²) in [7, 11) is 3.92. The third-order valence-electron chi connectivity index (χ3n) is 2.81. The molecule has 91 valence electrons. The smallest absolute Gasteiger partial charge is 0.167 e. The zero-order chi connectivity index (χ0) is 13.0. The zero-order valence-electron chi connectivity index (χ0n) is 10.7. The first-order valence-electron chi connectivity index (χ1n) is 5.93. The van der Waals surface area contributed by atoms with Crippen LogP contribution in [0.25, 0.3) is 0 Å². The first kappa shape index (κ1) is 12.4. The SMILES string of the molecule is CN(C)c1[c]cccc1CC(=O)c1ccccc1. The van der Waals surface area contributed by atoms with Crippen LogP contribution in [-0.2, 0) is 6.42 Å². The highest BCUT2D eigenvalue weighted by Gasteiger charge is 2.10. The van der Waals surface area contributed by atoms with E-state index in [1.54, 1.807) is 0 Å². The number of hydrogen-bond acceptors (Lipinski definition) is 2. The molecule has 1 radical (unpaired) electrons. The molecule has 18 heavy (non-hydrogen) atoms. The predicted octanol–water partition coefficient (Wildman–Crippen LogP) is 2.98. The van der Waals surface area contributed by atoms with Gasteiger partial charge in [0.05, 0.1) is 0 Å². The zero-order valence-corrected chi connectivity index (χ0v) is 10.7. The van der Waals surface area contributed by atoms with Gasteiger partial charge in [-0.05, 0) is 5.56 Å². The molecule has 0 amide bonds. The van der Waals surface area contributed by atoms with Gasteiger partial charge in [-0.2, -0.15) is 0 Å². The molecule has 2 aromatic rings. The van der Waals surface area contributed by atoms with E-state index in [1.165, 1.54) is 0 Å². The van der Waals surface area contributed by atoms with Crippen molar-refractivity contribution < 1.29 is 4.79 Å². The minimum Gasteiger partial charge on any atom is -0.377 e. The number of rotatable bonds is 4. The molecule has 2 heteroatoms. The quantitative estimate of drug-likeness (QED) is 0.763. The van der Waals surface area contributed by atoms with Crippen molar-refractivity contribution in [3.63, 3.8) is 0 Å². The fourth-order valence-corrected chi connectivity index (χ4v) is 1.92. The van der Waals surface area contributed by atoms with Gasteiger partial charge in [0.25, 0.3) is 0 Å². The van der Waals surface area contributed by atoms with Crippen LogP contribution in [0, 0.1) is 6.07 Å². The van der Waals surface area contributed by atoms with Gasteiger partial charge in [0, 0.05) is 37.8 Å². The van der Waals surface area contributed by atoms with Gasteiger partial charge in [-0.25, -0.2) is 0 Å². The highest BCUT2D eigenvalue weighted by atomic mass is 16.1. The second kappa shape index (κ2) is 5.50. The standard InChI is InChI=1S/C16H16NO/c1-17(2)15-11-7-6-10-14(15)12-16(18)13-8-4-3-5-9-13/h3-10H,12H2,1-2H3. The van der Waals surface area contributed by atoms with Crippen molar-refractivity contribution in [2.45, 2.75) is 6.42 Å². The van der Waals surface area contributed by atoms with E-state index in [0.29, 0.717) is 6.42 Å². The topological polar surface area (TPSA) is 20.3 Å². The molecule has 0 bridgehead atoms. The average Bonchev–Trinajstić information content (AvgIpc) is 2.40. The molecule has 0 aromatic heterocycles. The summed E-state index contributed by atoms with van der Waals surface area (Å²) in [4.78, 5) is 14.1. The lowest BCUT2D eigenvalue weighted by atomic mass is 10.0. The van der Waals surface area contributed by atoms with Crippen molar-refractivity contribution >= 4 is 11.5 Å². The third-order valence-corrected chi connectivity index (χ3v) is 2.81. The number of benzene rings is 2. The Bertz CT molecular complexity index is 532. The fourth-order valence-electron chi connectivity index (χ4n) is 1.92. The molecule has 0 fully saturated rings. The normalized spacial score (nSPS) is 10.1. The summed E-state index contributed by atoms with van der Waals surface area (Å²) in [5.41, 5.74) is 2.74. The lowest BCUT2D eigenvalue weighted by Crippen LogP contribution is -2.13. The molecular weight excluding hydrogens is 222 g/mol. The van der Waals surface area contributed by atoms with Crippen LogP contribution in [-0.4, -0.2) is 19.9 Å². The molecular formula is C16H16NO. The van der Waals surface area contributed by atoms with Crippen molar-refractivity contribution in [2.24, 2.45) is 0 Å². The molecule has 0 aliphatic rings. The van der Waals surface area contributed by atoms with Gasteiger partial charge in [-0.15, -0.1) is 0 Å². The Kier molecular flexibility index (Phi) is 3.78. The van der Waals surface area contributed by atoms with E-state index in [0.717, 1.165) is 16.8 Å². The van der Waals surface area contributed by atoms with Gasteiger partial charge in [0.1, 0.15) is 0 Å². The molecule has 0 aliphatic carbocycles. The number of carbonyl (C=O) groups is 1. The third kappa shape index (κ3) is 2.77. The summed E-state index contributed by atoms with van der Waals surface area (Å²) in [5, 5.41) is 0. The largest absolute Gasteiger partial charge is 0.377 e. The molecule has 0 saturated heterocycles. The second-order valence-corrected chi connectivity index (χ2v) is 4.40. The van der Waals surface area contributed by atoms with E-state index in [-0.39, 0.29) is 5.78 Å². The first-order valence-corrected chi connectivity index (χ1v) is 5.93. The van der Waals surface area contributed by atoms with Gasteiger partial charge in [-0.3, -0.25) is 4.79 Å². The number of hydrogen-bond donors (Lipinski definition) is 0. The highest BCUT2D eigenvalue weighted by Crippen LogP contribution is 2.19. The molecule has 0 N–H and O–H groups in total. The summed E-state index contributed by atoms with van der Waals surface area (Å²) in [6.07, 6.45) is 0.412. The number of Topliss-reactive ketones (excluding diaryl/α,β-unsaturated/α-hetero) is 1. The fraction of sp³-hybridized carbons (Fsp3) is 0.188. The van der Waals surface area contributed by atoms with Crippen molar-refractivity contribution in [1.29, 1.82) is 0 Å². The Morgan fingerprint density at radius 2 is 1.83 bits per heavy atom. The number of ketones is 1. The van der Waals surface area contributed by atoms with Gasteiger partial charge in [0.2, 0.25) is 0 Å². The molecule has 2 aromatic carbocycles. The van der Waals surface area contributed by atoms with E-state index >= 15 is 0 Å². The van der Waals surface area contributed by atoms with Gasteiger partial charge in [0.15, 0.2) is 5.78 Å². The molecule has 0 aliphatic heterocycles. The molecule has 0 saturated carbocycles. The summed E-state index contributed by atoms with van der Waals surface area (Å²) >= 11 is 0. The van der Waals surface area contributed by atoms with Crippen LogP contribution < -0.4 is 4.90 Å². The first-order chi connectivity index (χ1) is 8.68. The lowest BCUT2D eigenvalue weighted by Gasteiger charge is -2.16. The lowest BCUT2D eigenvalue weighted by molar-refractivity contribution is 0.0993. The Hall–Kier alpha value is -2.09. The van der Waals surface area contributed by atoms with Crippen molar-refractivity contribution in [1.82, 2.24) is 0 Å². The molecule has 0 unspecified atom stereocenters. The van der Waals surface area contributed by atoms with Crippen LogP contribution in [0.2, 0.25) is 0 Å². The van der Waals surface area contributed by atoms with Crippen LogP contribution in [0.5, 0.6) is 0 Å². The van der Waals surface area contributed by atoms with Crippen LogP contribution >= 0.6 is 0 Å². The number of carbonyl (C=O) groups excluding carboxylic acids is 1.